The van der Waals surface area contributed by atoms with Gasteiger partial charge in [-0.3, -0.25) is 0 Å². The molecule has 28 heavy (non-hydrogen) atoms. The predicted octanol–water partition coefficient (Wildman–Crippen LogP) is 0.355. The van der Waals surface area contributed by atoms with Crippen LogP contribution in [0.3, 0.4) is 0 Å². The maximum atomic E-state index is 11.1. The summed E-state index contributed by atoms with van der Waals surface area (Å²) in [5, 5.41) is 19.4. The number of aromatic nitrogens is 3. The molecule has 0 aliphatic carbocycles. The Balaban J connectivity index is 0.00000225. The quantitative estimate of drug-likeness (QED) is 0.376. The Morgan fingerprint density at radius 2 is 1.54 bits per heavy atom. The third kappa shape index (κ3) is 4.07. The number of phenols is 1. The van der Waals surface area contributed by atoms with Crippen LogP contribution in [0.25, 0.3) is 27.8 Å². The van der Waals surface area contributed by atoms with Crippen molar-refractivity contribution in [3.05, 3.63) is 65.7 Å². The van der Waals surface area contributed by atoms with Crippen molar-refractivity contribution in [1.29, 1.82) is 0 Å². The molecule has 0 spiro atoms. The van der Waals surface area contributed by atoms with Crippen molar-refractivity contribution in [2.24, 2.45) is 0 Å². The van der Waals surface area contributed by atoms with E-state index >= 15 is 0 Å². The number of benzene rings is 3. The number of hydrogen-bond acceptors (Lipinski definition) is 6. The minimum absolute atomic E-state index is 0. The van der Waals surface area contributed by atoms with Crippen LogP contribution in [0, 0.1) is 0 Å². The van der Waals surface area contributed by atoms with Crippen molar-refractivity contribution in [3.8, 4) is 22.6 Å². The third-order valence-electron chi connectivity index (χ3n) is 4.01. The van der Waals surface area contributed by atoms with Crippen LogP contribution >= 0.6 is 11.6 Å². The standard InChI is InChI=1S/C18H12ClN3O4S.Na/c19-13-4-7-15-16(10-13)21-22(20-15)17-9-12(3-8-18(17)23)11-1-5-14(6-2-11)27(24,25)26;/h1-10,23H,(H,24,25,26);/q;+1/p-1. The molecule has 1 N–H and O–H groups in total. The zero-order chi connectivity index (χ0) is 19.2. The minimum atomic E-state index is -4.50. The van der Waals surface area contributed by atoms with E-state index in [-0.39, 0.29) is 40.2 Å². The van der Waals surface area contributed by atoms with Crippen LogP contribution in [0.2, 0.25) is 5.02 Å². The van der Waals surface area contributed by atoms with Gasteiger partial charge in [-0.1, -0.05) is 29.8 Å². The molecule has 0 radical (unpaired) electrons. The normalized spacial score (nSPS) is 11.4. The van der Waals surface area contributed by atoms with E-state index < -0.39 is 10.1 Å². The van der Waals surface area contributed by atoms with Crippen LogP contribution in [-0.4, -0.2) is 33.1 Å². The van der Waals surface area contributed by atoms with E-state index in [2.05, 4.69) is 10.2 Å². The van der Waals surface area contributed by atoms with E-state index in [1.165, 1.54) is 35.1 Å². The van der Waals surface area contributed by atoms with Gasteiger partial charge in [-0.05, 0) is 53.6 Å². The molecule has 0 fully saturated rings. The summed E-state index contributed by atoms with van der Waals surface area (Å²) in [5.41, 5.74) is 2.91. The van der Waals surface area contributed by atoms with Gasteiger partial charge in [-0.15, -0.1) is 15.0 Å². The second kappa shape index (κ2) is 7.82. The van der Waals surface area contributed by atoms with Gasteiger partial charge in [0.1, 0.15) is 32.6 Å². The number of phenolic OH excluding ortho intramolecular Hbond substituents is 1. The summed E-state index contributed by atoms with van der Waals surface area (Å²) in [6.45, 7) is 0. The van der Waals surface area contributed by atoms with Gasteiger partial charge >= 0.3 is 29.6 Å². The molecular formula is C18H11ClN3NaO4S. The second-order valence-electron chi connectivity index (χ2n) is 5.80. The molecule has 0 saturated carbocycles. The number of rotatable bonds is 3. The maximum Gasteiger partial charge on any atom is 1.00 e. The van der Waals surface area contributed by atoms with Gasteiger partial charge in [0.15, 0.2) is 0 Å². The molecular weight excluding hydrogens is 413 g/mol. The third-order valence-corrected chi connectivity index (χ3v) is 5.09. The molecule has 0 unspecified atom stereocenters. The van der Waals surface area contributed by atoms with Crippen LogP contribution in [0.4, 0.5) is 0 Å². The summed E-state index contributed by atoms with van der Waals surface area (Å²) >= 11 is 5.96. The summed E-state index contributed by atoms with van der Waals surface area (Å²) in [5.74, 6) is -0.0242. The molecule has 7 nitrogen and oxygen atoms in total. The Morgan fingerprint density at radius 1 is 0.893 bits per heavy atom. The SMILES string of the molecule is O=S(=O)([O-])c1ccc(-c2ccc(O)c(-n3nc4ccc(Cl)cc4n3)c2)cc1.[Na+]. The number of fused-ring (bicyclic) bond motifs is 1. The fourth-order valence-electron chi connectivity index (χ4n) is 2.67. The first kappa shape index (κ1) is 20.8. The van der Waals surface area contributed by atoms with Crippen molar-refractivity contribution in [1.82, 2.24) is 15.0 Å². The van der Waals surface area contributed by atoms with Crippen molar-refractivity contribution in [2.75, 3.05) is 0 Å². The first-order chi connectivity index (χ1) is 12.8. The number of nitrogens with zero attached hydrogens (tertiary/aromatic N) is 3. The predicted molar refractivity (Wildman–Crippen MR) is 98.9 cm³/mol. The van der Waals surface area contributed by atoms with E-state index in [4.69, 9.17) is 11.6 Å². The molecule has 0 aliphatic rings. The van der Waals surface area contributed by atoms with Crippen molar-refractivity contribution < 1.29 is 47.6 Å². The van der Waals surface area contributed by atoms with Gasteiger partial charge < -0.3 is 9.66 Å². The average Bonchev–Trinajstić information content (AvgIpc) is 3.04. The zero-order valence-corrected chi connectivity index (χ0v) is 18.1. The van der Waals surface area contributed by atoms with E-state index in [1.807, 2.05) is 0 Å². The van der Waals surface area contributed by atoms with Crippen LogP contribution in [-0.2, 0) is 10.1 Å². The maximum absolute atomic E-state index is 11.1. The molecule has 1 aromatic heterocycles. The molecule has 0 bridgehead atoms. The summed E-state index contributed by atoms with van der Waals surface area (Å²) in [7, 11) is -4.50. The Bertz CT molecular complexity index is 1270. The first-order valence-electron chi connectivity index (χ1n) is 7.73. The molecule has 0 atom stereocenters. The van der Waals surface area contributed by atoms with Gasteiger partial charge in [0.05, 0.1) is 4.90 Å². The zero-order valence-electron chi connectivity index (χ0n) is 14.6. The Hall–Kier alpha value is -1.94. The van der Waals surface area contributed by atoms with Crippen molar-refractivity contribution >= 4 is 32.8 Å². The summed E-state index contributed by atoms with van der Waals surface area (Å²) < 4.78 is 33.2. The minimum Gasteiger partial charge on any atom is -0.744 e. The molecule has 0 amide bonds. The number of aromatic hydroxyl groups is 1. The van der Waals surface area contributed by atoms with Gasteiger partial charge in [0.2, 0.25) is 0 Å². The topological polar surface area (TPSA) is 108 Å². The molecule has 136 valence electrons. The Labute approximate surface area is 187 Å². The Kier molecular flexibility index (Phi) is 5.81. The summed E-state index contributed by atoms with van der Waals surface area (Å²) in [6, 6.07) is 15.4. The van der Waals surface area contributed by atoms with Crippen LogP contribution in [0.5, 0.6) is 5.75 Å². The summed E-state index contributed by atoms with van der Waals surface area (Å²) in [4.78, 5) is 0.998. The first-order valence-corrected chi connectivity index (χ1v) is 9.52. The molecule has 3 aromatic carbocycles. The van der Waals surface area contributed by atoms with E-state index in [0.29, 0.717) is 32.9 Å². The van der Waals surface area contributed by atoms with Crippen LogP contribution in [0.15, 0.2) is 65.6 Å². The van der Waals surface area contributed by atoms with E-state index in [0.717, 1.165) is 0 Å². The molecule has 10 heteroatoms. The monoisotopic (exact) mass is 423 g/mol. The van der Waals surface area contributed by atoms with Crippen molar-refractivity contribution in [3.63, 3.8) is 0 Å². The smallest absolute Gasteiger partial charge is 0.744 e. The molecule has 0 aliphatic heterocycles. The molecule has 1 heterocycles. The number of halogens is 1. The van der Waals surface area contributed by atoms with Gasteiger partial charge in [-0.25, -0.2) is 8.42 Å². The number of hydrogen-bond donors (Lipinski definition) is 1. The Morgan fingerprint density at radius 3 is 2.21 bits per heavy atom. The average molecular weight is 424 g/mol. The van der Waals surface area contributed by atoms with E-state index in [9.17, 15) is 18.1 Å². The van der Waals surface area contributed by atoms with E-state index in [1.54, 1.807) is 30.3 Å². The van der Waals surface area contributed by atoms with Gasteiger partial charge in [0.25, 0.3) is 0 Å². The van der Waals surface area contributed by atoms with Gasteiger partial charge in [0, 0.05) is 5.02 Å². The van der Waals surface area contributed by atoms with Gasteiger partial charge in [-0.2, -0.15) is 0 Å². The fraction of sp³-hybridized carbons (Fsp3) is 0. The largest absolute Gasteiger partial charge is 1.00 e. The van der Waals surface area contributed by atoms with Crippen LogP contribution in [0.1, 0.15) is 0 Å². The molecule has 0 saturated heterocycles. The molecule has 4 aromatic rings. The molecule has 4 rings (SSSR count). The second-order valence-corrected chi connectivity index (χ2v) is 7.62. The van der Waals surface area contributed by atoms with Crippen LogP contribution < -0.4 is 29.6 Å². The van der Waals surface area contributed by atoms with Crippen molar-refractivity contribution in [2.45, 2.75) is 4.90 Å². The fourth-order valence-corrected chi connectivity index (χ4v) is 3.31. The summed E-state index contributed by atoms with van der Waals surface area (Å²) in [6.07, 6.45) is 0.